The average molecular weight is 669 g/mol. The number of para-hydroxylation sites is 1. The fourth-order valence-electron chi connectivity index (χ4n) is 6.46. The quantitative estimate of drug-likeness (QED) is 0.159. The first kappa shape index (κ1) is 30.3. The molecule has 46 heavy (non-hydrogen) atoms. The van der Waals surface area contributed by atoms with Gasteiger partial charge < -0.3 is 0 Å². The summed E-state index contributed by atoms with van der Waals surface area (Å²) < 4.78 is 4.63. The van der Waals surface area contributed by atoms with Gasteiger partial charge in [-0.2, -0.15) is 0 Å². The summed E-state index contributed by atoms with van der Waals surface area (Å²) in [6, 6.07) is 32.7. The third-order valence-corrected chi connectivity index (χ3v) is 11.5. The summed E-state index contributed by atoms with van der Waals surface area (Å²) in [6.45, 7) is 15.6. The molecule has 0 radical (unpaired) electrons. The van der Waals surface area contributed by atoms with Crippen molar-refractivity contribution in [1.29, 1.82) is 0 Å². The van der Waals surface area contributed by atoms with Crippen LogP contribution in [0.2, 0.25) is 0 Å². The van der Waals surface area contributed by atoms with Crippen LogP contribution >= 0.6 is 0 Å². The van der Waals surface area contributed by atoms with E-state index in [9.17, 15) is 0 Å². The normalized spacial score (nSPS) is 12.2. The number of nitrogens with zero attached hydrogens (tertiary/aromatic N) is 5. The number of pyridine rings is 2. The second-order valence-corrected chi connectivity index (χ2v) is 15.4. The number of benzene rings is 3. The molecule has 0 saturated heterocycles. The van der Waals surface area contributed by atoms with Crippen molar-refractivity contribution in [2.45, 2.75) is 65.7 Å². The van der Waals surface area contributed by atoms with E-state index in [0.717, 1.165) is 34.2 Å². The summed E-state index contributed by atoms with van der Waals surface area (Å²) in [5.41, 5.74) is 9.89. The predicted octanol–water partition coefficient (Wildman–Crippen LogP) is 9.64. The number of aromatic nitrogens is 5. The summed E-state index contributed by atoms with van der Waals surface area (Å²) in [5.74, 6) is 1.56. The van der Waals surface area contributed by atoms with Crippen LogP contribution in [0.4, 0.5) is 0 Å². The van der Waals surface area contributed by atoms with E-state index in [0.29, 0.717) is 11.8 Å². The van der Waals surface area contributed by atoms with Gasteiger partial charge in [0.05, 0.1) is 0 Å². The Hall–Kier alpha value is -4.38. The van der Waals surface area contributed by atoms with E-state index in [1.807, 2.05) is 4.68 Å². The molecule has 0 fully saturated rings. The predicted molar refractivity (Wildman–Crippen MR) is 191 cm³/mol. The van der Waals surface area contributed by atoms with Crippen LogP contribution in [0.1, 0.15) is 81.5 Å². The Labute approximate surface area is 277 Å². The fourth-order valence-corrected chi connectivity index (χ4v) is 9.06. The molecule has 7 aromatic rings. The van der Waals surface area contributed by atoms with Gasteiger partial charge in [-0.25, -0.2) is 0 Å². The Bertz CT molecular complexity index is 2190. The van der Waals surface area contributed by atoms with Gasteiger partial charge in [-0.3, -0.25) is 0 Å². The third-order valence-electron chi connectivity index (χ3n) is 9.11. The van der Waals surface area contributed by atoms with Crippen LogP contribution in [0.5, 0.6) is 0 Å². The molecule has 0 N–H and O–H groups in total. The molecule has 0 aliphatic carbocycles. The maximum atomic E-state index is 5.32. The van der Waals surface area contributed by atoms with Crippen LogP contribution in [0.15, 0.2) is 97.3 Å². The molecule has 0 spiro atoms. The van der Waals surface area contributed by atoms with Gasteiger partial charge >= 0.3 is 209 Å². The van der Waals surface area contributed by atoms with E-state index in [1.54, 1.807) is 6.33 Å². The van der Waals surface area contributed by atoms with Crippen molar-refractivity contribution >= 4 is 33.9 Å². The molecule has 7 rings (SSSR count). The van der Waals surface area contributed by atoms with Crippen LogP contribution in [0.25, 0.3) is 47.8 Å². The number of aryl methyl sites for hydroxylation is 1. The minimum absolute atomic E-state index is 0.147. The summed E-state index contributed by atoms with van der Waals surface area (Å²) >= 11 is 0.147. The average Bonchev–Trinajstić information content (AvgIpc) is 3.69. The van der Waals surface area contributed by atoms with Crippen molar-refractivity contribution in [3.8, 4) is 28.3 Å². The molecule has 4 aromatic heterocycles. The number of rotatable bonds is 7. The first-order chi connectivity index (χ1) is 22.1. The first-order valence-corrected chi connectivity index (χ1v) is 17.8. The molecular formula is C40H39N5Se. The van der Waals surface area contributed by atoms with E-state index in [4.69, 9.17) is 20.1 Å². The Balaban J connectivity index is 1.30. The second kappa shape index (κ2) is 11.8. The van der Waals surface area contributed by atoms with Crippen molar-refractivity contribution in [1.82, 2.24) is 24.7 Å². The Morgan fingerprint density at radius 2 is 1.46 bits per heavy atom. The van der Waals surface area contributed by atoms with Crippen LogP contribution < -0.4 is 0 Å². The molecule has 230 valence electrons. The SMILES string of the molecule is Cc1ccc2c(n1)[se]c1c(-c3cccc(C(C)(C)c4cccc(-c5ncnn5-c5c(C(C)C)cccc5C(C)C)c4)n3)cccc12. The molecule has 0 atom stereocenters. The summed E-state index contributed by atoms with van der Waals surface area (Å²) in [5, 5.41) is 7.34. The van der Waals surface area contributed by atoms with E-state index in [2.05, 4.69) is 139 Å². The zero-order valence-electron chi connectivity index (χ0n) is 27.5. The molecule has 0 aliphatic rings. The van der Waals surface area contributed by atoms with Gasteiger partial charge in [-0.15, -0.1) is 0 Å². The summed E-state index contributed by atoms with van der Waals surface area (Å²) in [4.78, 5) is 15.0. The topological polar surface area (TPSA) is 56.5 Å². The van der Waals surface area contributed by atoms with Gasteiger partial charge in [-0.1, -0.05) is 45.9 Å². The van der Waals surface area contributed by atoms with Crippen molar-refractivity contribution < 1.29 is 0 Å². The molecular weight excluding hydrogens is 629 g/mol. The first-order valence-electron chi connectivity index (χ1n) is 16.0. The van der Waals surface area contributed by atoms with E-state index in [1.165, 1.54) is 41.7 Å². The zero-order valence-corrected chi connectivity index (χ0v) is 29.2. The maximum absolute atomic E-state index is 5.32. The molecule has 0 aliphatic heterocycles. The fraction of sp³-hybridized carbons (Fsp3) is 0.250. The summed E-state index contributed by atoms with van der Waals surface area (Å²) in [7, 11) is 0. The van der Waals surface area contributed by atoms with Gasteiger partial charge in [0.25, 0.3) is 0 Å². The molecule has 3 aromatic carbocycles. The van der Waals surface area contributed by atoms with Crippen molar-refractivity contribution in [2.75, 3.05) is 0 Å². The van der Waals surface area contributed by atoms with Crippen molar-refractivity contribution in [2.24, 2.45) is 0 Å². The van der Waals surface area contributed by atoms with Gasteiger partial charge in [0.15, 0.2) is 0 Å². The molecule has 0 bridgehead atoms. The van der Waals surface area contributed by atoms with Gasteiger partial charge in [0.1, 0.15) is 0 Å². The third kappa shape index (κ3) is 5.20. The Morgan fingerprint density at radius 1 is 0.739 bits per heavy atom. The molecule has 0 unspecified atom stereocenters. The molecule has 0 saturated carbocycles. The van der Waals surface area contributed by atoms with E-state index >= 15 is 0 Å². The van der Waals surface area contributed by atoms with Crippen LogP contribution in [-0.4, -0.2) is 39.2 Å². The van der Waals surface area contributed by atoms with Gasteiger partial charge in [-0.05, 0) is 23.0 Å². The molecule has 5 nitrogen and oxygen atoms in total. The number of hydrogen-bond donors (Lipinski definition) is 0. The molecule has 6 heteroatoms. The Morgan fingerprint density at radius 3 is 2.22 bits per heavy atom. The van der Waals surface area contributed by atoms with E-state index in [-0.39, 0.29) is 19.9 Å². The van der Waals surface area contributed by atoms with Crippen molar-refractivity contribution in [3.05, 3.63) is 125 Å². The van der Waals surface area contributed by atoms with Crippen LogP contribution in [0, 0.1) is 6.92 Å². The minimum atomic E-state index is -0.347. The van der Waals surface area contributed by atoms with Gasteiger partial charge in [0, 0.05) is 0 Å². The van der Waals surface area contributed by atoms with E-state index < -0.39 is 0 Å². The number of hydrogen-bond acceptors (Lipinski definition) is 4. The standard InChI is InChI=1S/C40H39N5Se/c1-24(2)29-14-9-15-30(25(3)4)36(29)45-38(41-23-42-45)27-12-8-13-28(22-27)40(6,7)35-19-11-18-34(44-35)33-17-10-16-31-32-21-20-26(5)43-39(32)46-37(31)33/h8-25H,1-7H3. The second-order valence-electron chi connectivity index (χ2n) is 13.3. The van der Waals surface area contributed by atoms with Crippen LogP contribution in [0.3, 0.4) is 0 Å². The van der Waals surface area contributed by atoms with Crippen LogP contribution in [-0.2, 0) is 5.41 Å². The van der Waals surface area contributed by atoms with Crippen molar-refractivity contribution in [3.63, 3.8) is 0 Å². The molecule has 0 amide bonds. The zero-order chi connectivity index (χ0) is 32.2. The monoisotopic (exact) mass is 669 g/mol. The summed E-state index contributed by atoms with van der Waals surface area (Å²) in [6.07, 6.45) is 1.67. The Kier molecular flexibility index (Phi) is 7.74. The molecule has 4 heterocycles. The van der Waals surface area contributed by atoms with Gasteiger partial charge in [0.2, 0.25) is 0 Å². The number of fused-ring (bicyclic) bond motifs is 3.